The van der Waals surface area contributed by atoms with Gasteiger partial charge in [0.2, 0.25) is 0 Å². The van der Waals surface area contributed by atoms with Crippen LogP contribution in [0.15, 0.2) is 9.72 Å². The summed E-state index contributed by atoms with van der Waals surface area (Å²) >= 11 is 0.879. The Hall–Kier alpha value is -1.03. The predicted molar refractivity (Wildman–Crippen MR) is 78.9 cm³/mol. The van der Waals surface area contributed by atoms with Crippen LogP contribution in [0.2, 0.25) is 0 Å². The second-order valence-corrected chi connectivity index (χ2v) is 7.52. The molecule has 120 valence electrons. The van der Waals surface area contributed by atoms with Crippen LogP contribution < -0.4 is 4.72 Å². The molecule has 1 aromatic rings. The lowest BCUT2D eigenvalue weighted by Gasteiger charge is -2.08. The number of carbonyl (C=O) groups excluding carboxylic acids is 1. The van der Waals surface area contributed by atoms with Gasteiger partial charge in [0.25, 0.3) is 10.0 Å². The minimum absolute atomic E-state index is 0.127. The zero-order valence-corrected chi connectivity index (χ0v) is 13.9. The Kier molecular flexibility index (Phi) is 7.23. The molecule has 21 heavy (non-hydrogen) atoms. The van der Waals surface area contributed by atoms with E-state index in [-0.39, 0.29) is 16.4 Å². The Morgan fingerprint density at radius 3 is 2.81 bits per heavy atom. The SMILES string of the molecule is COC(=O)c1ncsc1S(=O)(=O)NCCCOCC(C)C. The van der Waals surface area contributed by atoms with Gasteiger partial charge in [-0.3, -0.25) is 0 Å². The van der Waals surface area contributed by atoms with Crippen molar-refractivity contribution in [1.29, 1.82) is 0 Å². The van der Waals surface area contributed by atoms with Gasteiger partial charge in [-0.2, -0.15) is 0 Å². The van der Waals surface area contributed by atoms with E-state index in [2.05, 4.69) is 14.4 Å². The molecule has 0 unspecified atom stereocenters. The summed E-state index contributed by atoms with van der Waals surface area (Å²) in [6, 6.07) is 0. The van der Waals surface area contributed by atoms with Crippen molar-refractivity contribution in [2.75, 3.05) is 26.9 Å². The van der Waals surface area contributed by atoms with Gasteiger partial charge in [-0.1, -0.05) is 13.8 Å². The summed E-state index contributed by atoms with van der Waals surface area (Å²) in [5.41, 5.74) is 1.11. The van der Waals surface area contributed by atoms with Gasteiger partial charge in [0, 0.05) is 19.8 Å². The molecule has 1 aromatic heterocycles. The average molecular weight is 336 g/mol. The van der Waals surface area contributed by atoms with E-state index in [4.69, 9.17) is 4.74 Å². The number of carbonyl (C=O) groups is 1. The molecule has 0 amide bonds. The van der Waals surface area contributed by atoms with Gasteiger partial charge in [-0.15, -0.1) is 11.3 Å². The number of rotatable bonds is 9. The largest absolute Gasteiger partial charge is 0.464 e. The van der Waals surface area contributed by atoms with Crippen molar-refractivity contribution in [2.45, 2.75) is 24.5 Å². The molecular weight excluding hydrogens is 316 g/mol. The third-order valence-electron chi connectivity index (χ3n) is 2.37. The van der Waals surface area contributed by atoms with E-state index in [0.29, 0.717) is 25.6 Å². The van der Waals surface area contributed by atoms with E-state index in [1.54, 1.807) is 0 Å². The predicted octanol–water partition coefficient (Wildman–Crippen LogP) is 1.27. The highest BCUT2D eigenvalue weighted by Gasteiger charge is 2.25. The van der Waals surface area contributed by atoms with E-state index in [9.17, 15) is 13.2 Å². The van der Waals surface area contributed by atoms with E-state index >= 15 is 0 Å². The van der Waals surface area contributed by atoms with Crippen molar-refractivity contribution in [2.24, 2.45) is 5.92 Å². The fourth-order valence-electron chi connectivity index (χ4n) is 1.42. The monoisotopic (exact) mass is 336 g/mol. The summed E-state index contributed by atoms with van der Waals surface area (Å²) < 4.78 is 36.3. The van der Waals surface area contributed by atoms with Crippen LogP contribution in [0.4, 0.5) is 0 Å². The Morgan fingerprint density at radius 1 is 1.48 bits per heavy atom. The molecule has 0 radical (unpaired) electrons. The first kappa shape index (κ1) is 18.0. The Labute approximate surface area is 128 Å². The minimum atomic E-state index is -3.76. The number of nitrogens with one attached hydrogen (secondary N) is 1. The minimum Gasteiger partial charge on any atom is -0.464 e. The highest BCUT2D eigenvalue weighted by atomic mass is 32.2. The lowest BCUT2D eigenvalue weighted by atomic mass is 10.2. The summed E-state index contributed by atoms with van der Waals surface area (Å²) in [6.45, 7) is 5.45. The zero-order valence-electron chi connectivity index (χ0n) is 12.3. The van der Waals surface area contributed by atoms with Crippen LogP contribution in [0.3, 0.4) is 0 Å². The summed E-state index contributed by atoms with van der Waals surface area (Å²) in [6.07, 6.45) is 0.554. The van der Waals surface area contributed by atoms with Crippen molar-refractivity contribution in [1.82, 2.24) is 9.71 Å². The number of thiazole rings is 1. The molecule has 1 heterocycles. The fraction of sp³-hybridized carbons (Fsp3) is 0.667. The molecule has 0 aliphatic carbocycles. The van der Waals surface area contributed by atoms with Gasteiger partial charge < -0.3 is 9.47 Å². The Morgan fingerprint density at radius 2 is 2.19 bits per heavy atom. The first-order chi connectivity index (χ1) is 9.88. The number of nitrogens with zero attached hydrogens (tertiary/aromatic N) is 1. The molecule has 0 aliphatic rings. The van der Waals surface area contributed by atoms with Crippen LogP contribution in [0.1, 0.15) is 30.8 Å². The summed E-state index contributed by atoms with van der Waals surface area (Å²) in [5.74, 6) is -0.321. The molecule has 0 aliphatic heterocycles. The Bertz CT molecular complexity index is 554. The van der Waals surface area contributed by atoms with Gasteiger partial charge in [0.1, 0.15) is 0 Å². The maximum atomic E-state index is 12.1. The van der Waals surface area contributed by atoms with Gasteiger partial charge in [-0.25, -0.2) is 22.9 Å². The molecule has 0 aromatic carbocycles. The lowest BCUT2D eigenvalue weighted by Crippen LogP contribution is -2.26. The topological polar surface area (TPSA) is 94.6 Å². The van der Waals surface area contributed by atoms with Gasteiger partial charge in [0.15, 0.2) is 9.90 Å². The second-order valence-electron chi connectivity index (χ2n) is 4.70. The number of aromatic nitrogens is 1. The van der Waals surface area contributed by atoms with E-state index in [1.165, 1.54) is 12.6 Å². The van der Waals surface area contributed by atoms with Crippen molar-refractivity contribution in [3.8, 4) is 0 Å². The summed E-state index contributed by atoms with van der Waals surface area (Å²) in [7, 11) is -2.58. The van der Waals surface area contributed by atoms with Crippen LogP contribution in [-0.2, 0) is 19.5 Å². The number of ether oxygens (including phenoxy) is 2. The third-order valence-corrected chi connectivity index (χ3v) is 5.20. The standard InChI is InChI=1S/C12H20N2O5S2/c1-9(2)7-19-6-4-5-14-21(16,17)12-10(11(15)18-3)13-8-20-12/h8-9,14H,4-7H2,1-3H3. The van der Waals surface area contributed by atoms with Gasteiger partial charge in [-0.05, 0) is 12.3 Å². The molecule has 0 saturated heterocycles. The maximum absolute atomic E-state index is 12.1. The number of sulfonamides is 1. The van der Waals surface area contributed by atoms with Gasteiger partial charge in [0.05, 0.1) is 12.6 Å². The number of methoxy groups -OCH3 is 1. The molecule has 1 N–H and O–H groups in total. The van der Waals surface area contributed by atoms with Gasteiger partial charge >= 0.3 is 5.97 Å². The van der Waals surface area contributed by atoms with Crippen LogP contribution in [0.25, 0.3) is 0 Å². The lowest BCUT2D eigenvalue weighted by molar-refractivity contribution is 0.0590. The maximum Gasteiger partial charge on any atom is 0.358 e. The van der Waals surface area contributed by atoms with E-state index in [0.717, 1.165) is 11.3 Å². The van der Waals surface area contributed by atoms with Crippen LogP contribution in [-0.4, -0.2) is 46.2 Å². The quantitative estimate of drug-likeness (QED) is 0.539. The number of hydrogen-bond acceptors (Lipinski definition) is 7. The molecule has 1 rings (SSSR count). The molecule has 0 spiro atoms. The van der Waals surface area contributed by atoms with Crippen LogP contribution in [0.5, 0.6) is 0 Å². The highest BCUT2D eigenvalue weighted by Crippen LogP contribution is 2.20. The molecule has 0 fully saturated rings. The zero-order chi connectivity index (χ0) is 15.9. The molecule has 0 saturated carbocycles. The highest BCUT2D eigenvalue weighted by molar-refractivity contribution is 7.91. The number of hydrogen-bond donors (Lipinski definition) is 1. The van der Waals surface area contributed by atoms with E-state index in [1.807, 2.05) is 13.8 Å². The molecule has 9 heteroatoms. The van der Waals surface area contributed by atoms with Crippen molar-refractivity contribution < 1.29 is 22.7 Å². The van der Waals surface area contributed by atoms with Crippen molar-refractivity contribution in [3.63, 3.8) is 0 Å². The molecule has 7 nitrogen and oxygen atoms in total. The molecule has 0 atom stereocenters. The first-order valence-electron chi connectivity index (χ1n) is 6.47. The Balaban J connectivity index is 2.51. The molecular formula is C12H20N2O5S2. The summed E-state index contributed by atoms with van der Waals surface area (Å²) in [4.78, 5) is 15.2. The fourth-order valence-corrected chi connectivity index (χ4v) is 3.67. The van der Waals surface area contributed by atoms with E-state index < -0.39 is 16.0 Å². The second kappa shape index (κ2) is 8.42. The average Bonchev–Trinajstić information content (AvgIpc) is 2.91. The smallest absolute Gasteiger partial charge is 0.358 e. The number of esters is 1. The van der Waals surface area contributed by atoms with Crippen molar-refractivity contribution in [3.05, 3.63) is 11.2 Å². The molecule has 0 bridgehead atoms. The first-order valence-corrected chi connectivity index (χ1v) is 8.84. The normalized spacial score (nSPS) is 11.8. The third kappa shape index (κ3) is 5.70. The van der Waals surface area contributed by atoms with Crippen LogP contribution >= 0.6 is 11.3 Å². The van der Waals surface area contributed by atoms with Crippen molar-refractivity contribution >= 4 is 27.3 Å². The summed E-state index contributed by atoms with van der Waals surface area (Å²) in [5, 5.41) is 0. The van der Waals surface area contributed by atoms with Crippen LogP contribution in [0, 0.1) is 5.92 Å².